The van der Waals surface area contributed by atoms with E-state index in [0.717, 1.165) is 13.1 Å². The van der Waals surface area contributed by atoms with Crippen LogP contribution >= 0.6 is 0 Å². The van der Waals surface area contributed by atoms with Crippen molar-refractivity contribution >= 4 is 28.9 Å². The Hall–Kier alpha value is -3.58. The van der Waals surface area contributed by atoms with Crippen LogP contribution in [-0.2, 0) is 4.79 Å². The topological polar surface area (TPSA) is 78.0 Å². The minimum atomic E-state index is -0.409. The number of carbonyl (C=O) groups excluding carboxylic acids is 4. The highest BCUT2D eigenvalue weighted by Gasteiger charge is 2.40. The van der Waals surface area contributed by atoms with Gasteiger partial charge in [0.2, 0.25) is 17.5 Å². The Bertz CT molecular complexity index is 1160. The molecule has 4 rings (SSSR count). The van der Waals surface area contributed by atoms with E-state index in [1.165, 1.54) is 18.7 Å². The Morgan fingerprint density at radius 2 is 1.47 bits per heavy atom. The number of allylic oxidation sites excluding steroid dienone is 2. The molecule has 1 aliphatic heterocycles. The van der Waals surface area contributed by atoms with Crippen molar-refractivity contribution in [1.29, 1.82) is 0 Å². The number of piperazine rings is 1. The molecule has 2 aliphatic rings. The zero-order chi connectivity index (χ0) is 23.0. The number of hydrogen-bond donors (Lipinski definition) is 0. The Balaban J connectivity index is 1.94. The maximum Gasteiger partial charge on any atom is 0.228 e. The van der Waals surface area contributed by atoms with Gasteiger partial charge in [-0.2, -0.15) is 0 Å². The summed E-state index contributed by atoms with van der Waals surface area (Å²) in [4.78, 5) is 57.5. The molecule has 1 aliphatic carbocycles. The maximum absolute atomic E-state index is 13.7. The molecule has 1 fully saturated rings. The summed E-state index contributed by atoms with van der Waals surface area (Å²) >= 11 is 0. The van der Waals surface area contributed by atoms with Crippen LogP contribution in [0.25, 0.3) is 0 Å². The standard InChI is InChI=1S/C25H25N3O4/c1-16(29)18-7-6-8-19(15-18)28(17(2)30)23-22(27-13-11-26(3)12-14-27)24(31)20-9-4-5-10-21(20)25(23)32/h4-10,15H,11-14H2,1-3H3. The van der Waals surface area contributed by atoms with Crippen molar-refractivity contribution in [3.63, 3.8) is 0 Å². The van der Waals surface area contributed by atoms with Crippen molar-refractivity contribution in [2.45, 2.75) is 13.8 Å². The van der Waals surface area contributed by atoms with Crippen LogP contribution in [0.15, 0.2) is 59.9 Å². The number of ketones is 3. The van der Waals surface area contributed by atoms with Crippen molar-refractivity contribution in [1.82, 2.24) is 9.80 Å². The summed E-state index contributed by atoms with van der Waals surface area (Å²) in [5.41, 5.74) is 1.71. The van der Waals surface area contributed by atoms with E-state index < -0.39 is 5.91 Å². The minimum Gasteiger partial charge on any atom is -0.364 e. The van der Waals surface area contributed by atoms with Crippen molar-refractivity contribution in [2.75, 3.05) is 38.1 Å². The van der Waals surface area contributed by atoms with Crippen molar-refractivity contribution in [3.05, 3.63) is 76.6 Å². The van der Waals surface area contributed by atoms with E-state index in [-0.39, 0.29) is 34.3 Å². The highest BCUT2D eigenvalue weighted by Crippen LogP contribution is 2.34. The highest BCUT2D eigenvalue weighted by molar-refractivity contribution is 6.29. The summed E-state index contributed by atoms with van der Waals surface area (Å²) in [5.74, 6) is -1.21. The van der Waals surface area contributed by atoms with E-state index in [2.05, 4.69) is 4.90 Å². The molecule has 1 amide bonds. The van der Waals surface area contributed by atoms with Crippen molar-refractivity contribution in [3.8, 4) is 0 Å². The third kappa shape index (κ3) is 3.76. The van der Waals surface area contributed by atoms with Crippen LogP contribution < -0.4 is 4.90 Å². The fourth-order valence-electron chi connectivity index (χ4n) is 4.21. The quantitative estimate of drug-likeness (QED) is 0.693. The molecule has 0 saturated carbocycles. The largest absolute Gasteiger partial charge is 0.364 e. The number of amides is 1. The summed E-state index contributed by atoms with van der Waals surface area (Å²) in [6, 6.07) is 13.3. The van der Waals surface area contributed by atoms with Gasteiger partial charge in [0.05, 0.1) is 0 Å². The number of likely N-dealkylation sites (N-methyl/N-ethyl adjacent to an activating group) is 1. The average Bonchev–Trinajstić information content (AvgIpc) is 2.78. The Kier molecular flexibility index (Phi) is 5.76. The lowest BCUT2D eigenvalue weighted by molar-refractivity contribution is -0.116. The zero-order valence-electron chi connectivity index (χ0n) is 18.4. The summed E-state index contributed by atoms with van der Waals surface area (Å²) in [7, 11) is 2.00. The first-order valence-corrected chi connectivity index (χ1v) is 10.6. The van der Waals surface area contributed by atoms with Crippen LogP contribution in [0.4, 0.5) is 5.69 Å². The van der Waals surface area contributed by atoms with Crippen molar-refractivity contribution < 1.29 is 19.2 Å². The maximum atomic E-state index is 13.7. The van der Waals surface area contributed by atoms with E-state index in [1.54, 1.807) is 48.5 Å². The fourth-order valence-corrected chi connectivity index (χ4v) is 4.21. The molecule has 0 radical (unpaired) electrons. The lowest BCUT2D eigenvalue weighted by atomic mass is 9.88. The smallest absolute Gasteiger partial charge is 0.228 e. The van der Waals surface area contributed by atoms with E-state index in [9.17, 15) is 19.2 Å². The molecular formula is C25H25N3O4. The van der Waals surface area contributed by atoms with Crippen LogP contribution in [0, 0.1) is 0 Å². The molecule has 164 valence electrons. The van der Waals surface area contributed by atoms with Gasteiger partial charge in [-0.05, 0) is 26.1 Å². The summed E-state index contributed by atoms with van der Waals surface area (Å²) < 4.78 is 0. The molecule has 0 spiro atoms. The van der Waals surface area contributed by atoms with E-state index in [0.29, 0.717) is 29.9 Å². The monoisotopic (exact) mass is 431 g/mol. The third-order valence-corrected chi connectivity index (χ3v) is 5.94. The first-order chi connectivity index (χ1) is 15.3. The molecule has 0 unspecified atom stereocenters. The SMILES string of the molecule is CC(=O)c1cccc(N(C(C)=O)C2=C(N3CCN(C)CC3)C(=O)c3ccccc3C2=O)c1. The fraction of sp³-hybridized carbons (Fsp3) is 0.280. The van der Waals surface area contributed by atoms with Gasteiger partial charge in [-0.3, -0.25) is 24.1 Å². The number of Topliss-reactive ketones (excluding diaryl/α,β-unsaturated/α-hetero) is 3. The molecule has 1 heterocycles. The molecule has 1 saturated heterocycles. The number of nitrogens with zero attached hydrogens (tertiary/aromatic N) is 3. The molecule has 0 aromatic heterocycles. The lowest BCUT2D eigenvalue weighted by Gasteiger charge is -2.39. The zero-order valence-corrected chi connectivity index (χ0v) is 18.4. The van der Waals surface area contributed by atoms with E-state index in [1.807, 2.05) is 11.9 Å². The first-order valence-electron chi connectivity index (χ1n) is 10.6. The molecule has 2 aromatic carbocycles. The number of hydrogen-bond acceptors (Lipinski definition) is 6. The molecule has 7 nitrogen and oxygen atoms in total. The van der Waals surface area contributed by atoms with E-state index >= 15 is 0 Å². The third-order valence-electron chi connectivity index (χ3n) is 5.94. The second kappa shape index (κ2) is 8.51. The first kappa shape index (κ1) is 21.6. The van der Waals surface area contributed by atoms with Gasteiger partial charge in [-0.15, -0.1) is 0 Å². The molecular weight excluding hydrogens is 406 g/mol. The van der Waals surface area contributed by atoms with Gasteiger partial charge in [0.1, 0.15) is 11.4 Å². The molecule has 7 heteroatoms. The van der Waals surface area contributed by atoms with Crippen LogP contribution in [-0.4, -0.2) is 66.3 Å². The van der Waals surface area contributed by atoms with Crippen molar-refractivity contribution in [2.24, 2.45) is 0 Å². The minimum absolute atomic E-state index is 0.0476. The van der Waals surface area contributed by atoms with Crippen LogP contribution in [0.3, 0.4) is 0 Å². The second-order valence-corrected chi connectivity index (χ2v) is 8.15. The van der Waals surface area contributed by atoms with Crippen LogP contribution in [0.1, 0.15) is 44.9 Å². The van der Waals surface area contributed by atoms with Gasteiger partial charge in [-0.25, -0.2) is 0 Å². The molecule has 0 atom stereocenters. The molecule has 0 bridgehead atoms. The normalized spacial score (nSPS) is 16.8. The summed E-state index contributed by atoms with van der Waals surface area (Å²) in [5, 5.41) is 0. The number of fused-ring (bicyclic) bond motifs is 1. The van der Waals surface area contributed by atoms with Gasteiger partial charge < -0.3 is 9.80 Å². The second-order valence-electron chi connectivity index (χ2n) is 8.15. The number of rotatable bonds is 4. The summed E-state index contributed by atoms with van der Waals surface area (Å²) in [6.07, 6.45) is 0. The van der Waals surface area contributed by atoms with Gasteiger partial charge in [0.15, 0.2) is 5.78 Å². The number of benzene rings is 2. The Morgan fingerprint density at radius 1 is 0.844 bits per heavy atom. The highest BCUT2D eigenvalue weighted by atomic mass is 16.2. The van der Waals surface area contributed by atoms with Crippen LogP contribution in [0.2, 0.25) is 0 Å². The molecule has 32 heavy (non-hydrogen) atoms. The number of anilines is 1. The van der Waals surface area contributed by atoms with E-state index in [4.69, 9.17) is 0 Å². The summed E-state index contributed by atoms with van der Waals surface area (Å²) in [6.45, 7) is 5.40. The number of carbonyl (C=O) groups is 4. The van der Waals surface area contributed by atoms with Gasteiger partial charge >= 0.3 is 0 Å². The lowest BCUT2D eigenvalue weighted by Crippen LogP contribution is -2.49. The Labute approximate surface area is 186 Å². The van der Waals surface area contributed by atoms with Gasteiger partial charge in [0.25, 0.3) is 0 Å². The van der Waals surface area contributed by atoms with Gasteiger partial charge in [0, 0.05) is 55.5 Å². The predicted molar refractivity (Wildman–Crippen MR) is 121 cm³/mol. The van der Waals surface area contributed by atoms with Crippen LogP contribution in [0.5, 0.6) is 0 Å². The van der Waals surface area contributed by atoms with Gasteiger partial charge in [-0.1, -0.05) is 36.4 Å². The molecule has 0 N–H and O–H groups in total. The Morgan fingerprint density at radius 3 is 2.06 bits per heavy atom. The predicted octanol–water partition coefficient (Wildman–Crippen LogP) is 2.78. The molecule has 2 aromatic rings. The average molecular weight is 431 g/mol.